The fourth-order valence-electron chi connectivity index (χ4n) is 2.75. The minimum Gasteiger partial charge on any atom is -0.507 e. The highest BCUT2D eigenvalue weighted by Crippen LogP contribution is 2.33. The van der Waals surface area contributed by atoms with Crippen LogP contribution in [0.1, 0.15) is 10.4 Å². The Morgan fingerprint density at radius 3 is 2.66 bits per heavy atom. The van der Waals surface area contributed by atoms with Crippen molar-refractivity contribution < 1.29 is 14.3 Å². The number of amides is 1. The number of para-hydroxylation sites is 2. The van der Waals surface area contributed by atoms with Crippen molar-refractivity contribution in [2.45, 2.75) is 0 Å². The smallest absolute Gasteiger partial charge is 0.257 e. The van der Waals surface area contributed by atoms with Gasteiger partial charge in [-0.3, -0.25) is 10.1 Å². The molecule has 29 heavy (non-hydrogen) atoms. The summed E-state index contributed by atoms with van der Waals surface area (Å²) in [7, 11) is 0. The standard InChI is InChI=1S/C21H14BrN3O3S/c22-13-5-3-4-12(10-13)19(27)25-21(29)23-14-8-9-15(17(26)11-14)20-24-16-6-1-2-7-18(16)28-20/h1-11,26H,(H2,23,25,27,29). The predicted molar refractivity (Wildman–Crippen MR) is 119 cm³/mol. The van der Waals surface area contributed by atoms with E-state index in [0.717, 1.165) is 4.47 Å². The number of anilines is 1. The van der Waals surface area contributed by atoms with Crippen molar-refractivity contribution in [2.24, 2.45) is 0 Å². The van der Waals surface area contributed by atoms with Crippen molar-refractivity contribution in [2.75, 3.05) is 5.32 Å². The average molecular weight is 468 g/mol. The number of hydrogen-bond acceptors (Lipinski definition) is 5. The van der Waals surface area contributed by atoms with E-state index in [0.29, 0.717) is 33.8 Å². The zero-order valence-corrected chi connectivity index (χ0v) is 17.3. The Morgan fingerprint density at radius 1 is 1.07 bits per heavy atom. The van der Waals surface area contributed by atoms with E-state index in [4.69, 9.17) is 16.6 Å². The second kappa shape index (κ2) is 8.02. The second-order valence-electron chi connectivity index (χ2n) is 6.14. The molecule has 6 nitrogen and oxygen atoms in total. The minimum atomic E-state index is -0.337. The monoisotopic (exact) mass is 467 g/mol. The summed E-state index contributed by atoms with van der Waals surface area (Å²) >= 11 is 8.52. The maximum absolute atomic E-state index is 12.3. The summed E-state index contributed by atoms with van der Waals surface area (Å²) in [5.74, 6) is -0.0421. The van der Waals surface area contributed by atoms with Gasteiger partial charge >= 0.3 is 0 Å². The van der Waals surface area contributed by atoms with Gasteiger partial charge in [-0.2, -0.15) is 0 Å². The Labute approximate surface area is 179 Å². The van der Waals surface area contributed by atoms with Crippen LogP contribution in [0.2, 0.25) is 0 Å². The molecule has 3 N–H and O–H groups in total. The van der Waals surface area contributed by atoms with Crippen molar-refractivity contribution in [1.29, 1.82) is 0 Å². The topological polar surface area (TPSA) is 87.4 Å². The third kappa shape index (κ3) is 4.28. The molecule has 0 saturated carbocycles. The van der Waals surface area contributed by atoms with Gasteiger partial charge in [0.25, 0.3) is 5.91 Å². The number of benzene rings is 3. The number of thiocarbonyl (C=S) groups is 1. The summed E-state index contributed by atoms with van der Waals surface area (Å²) in [6.07, 6.45) is 0. The Kier molecular flexibility index (Phi) is 5.28. The summed E-state index contributed by atoms with van der Waals surface area (Å²) in [6.45, 7) is 0. The summed E-state index contributed by atoms with van der Waals surface area (Å²) in [5.41, 5.74) is 2.79. The third-order valence-corrected chi connectivity index (χ3v) is 4.79. The van der Waals surface area contributed by atoms with Crippen LogP contribution in [0.4, 0.5) is 5.69 Å². The molecule has 1 aromatic heterocycles. The number of phenolic OH excluding ortho intramolecular Hbond substituents is 1. The first-order valence-corrected chi connectivity index (χ1v) is 9.76. The van der Waals surface area contributed by atoms with E-state index >= 15 is 0 Å². The van der Waals surface area contributed by atoms with Crippen LogP contribution in [-0.4, -0.2) is 21.1 Å². The van der Waals surface area contributed by atoms with E-state index < -0.39 is 0 Å². The van der Waals surface area contributed by atoms with Crippen LogP contribution in [0.5, 0.6) is 5.75 Å². The minimum absolute atomic E-state index is 0.0253. The van der Waals surface area contributed by atoms with Crippen molar-refractivity contribution in [3.63, 3.8) is 0 Å². The SMILES string of the molecule is O=C(NC(=S)Nc1ccc(-c2nc3ccccc3o2)c(O)c1)c1cccc(Br)c1. The molecule has 0 atom stereocenters. The molecule has 1 amide bonds. The first-order chi connectivity index (χ1) is 14.0. The summed E-state index contributed by atoms with van der Waals surface area (Å²) in [6, 6.07) is 19.2. The van der Waals surface area contributed by atoms with Crippen molar-refractivity contribution >= 4 is 56.0 Å². The Bertz CT molecular complexity index is 1210. The molecule has 0 aliphatic heterocycles. The number of aromatic hydroxyl groups is 1. The molecule has 4 aromatic rings. The van der Waals surface area contributed by atoms with Crippen molar-refractivity contribution in [3.05, 3.63) is 76.8 Å². The van der Waals surface area contributed by atoms with Gasteiger partial charge in [0, 0.05) is 21.8 Å². The fraction of sp³-hybridized carbons (Fsp3) is 0. The first-order valence-electron chi connectivity index (χ1n) is 8.56. The van der Waals surface area contributed by atoms with Gasteiger partial charge in [0.05, 0.1) is 5.56 Å². The molecule has 3 aromatic carbocycles. The molecule has 0 fully saturated rings. The van der Waals surface area contributed by atoms with E-state index in [9.17, 15) is 9.90 Å². The van der Waals surface area contributed by atoms with E-state index in [1.54, 1.807) is 30.3 Å². The van der Waals surface area contributed by atoms with Gasteiger partial charge in [-0.15, -0.1) is 0 Å². The Morgan fingerprint density at radius 2 is 1.90 bits per heavy atom. The number of fused-ring (bicyclic) bond motifs is 1. The van der Waals surface area contributed by atoms with E-state index in [2.05, 4.69) is 31.5 Å². The zero-order chi connectivity index (χ0) is 20.4. The Hall–Kier alpha value is -3.23. The number of carbonyl (C=O) groups is 1. The molecule has 0 unspecified atom stereocenters. The molecule has 1 heterocycles. The van der Waals surface area contributed by atoms with Gasteiger partial charge in [0.2, 0.25) is 5.89 Å². The molecule has 4 rings (SSSR count). The molecule has 0 bridgehead atoms. The third-order valence-electron chi connectivity index (χ3n) is 4.09. The highest BCUT2D eigenvalue weighted by atomic mass is 79.9. The highest BCUT2D eigenvalue weighted by molar-refractivity contribution is 9.10. The molecular weight excluding hydrogens is 454 g/mol. The number of aromatic nitrogens is 1. The predicted octanol–water partition coefficient (Wildman–Crippen LogP) is 5.09. The molecule has 0 aliphatic carbocycles. The number of nitrogens with one attached hydrogen (secondary N) is 2. The number of nitrogens with zero attached hydrogens (tertiary/aromatic N) is 1. The van der Waals surface area contributed by atoms with Crippen LogP contribution < -0.4 is 10.6 Å². The maximum Gasteiger partial charge on any atom is 0.257 e. The number of rotatable bonds is 3. The fourth-order valence-corrected chi connectivity index (χ4v) is 3.35. The lowest BCUT2D eigenvalue weighted by Gasteiger charge is -2.11. The van der Waals surface area contributed by atoms with Crippen LogP contribution in [0.3, 0.4) is 0 Å². The number of carbonyl (C=O) groups excluding carboxylic acids is 1. The first kappa shape index (κ1) is 19.1. The highest BCUT2D eigenvalue weighted by Gasteiger charge is 2.14. The number of hydrogen-bond donors (Lipinski definition) is 3. The van der Waals surface area contributed by atoms with E-state index in [1.165, 1.54) is 6.07 Å². The Balaban J connectivity index is 1.47. The van der Waals surface area contributed by atoms with Gasteiger partial charge in [0.15, 0.2) is 10.7 Å². The van der Waals surface area contributed by atoms with Gasteiger partial charge in [0.1, 0.15) is 11.3 Å². The molecule has 0 spiro atoms. The molecule has 8 heteroatoms. The second-order valence-corrected chi connectivity index (χ2v) is 7.46. The van der Waals surface area contributed by atoms with Crippen LogP contribution in [0, 0.1) is 0 Å². The van der Waals surface area contributed by atoms with Crippen molar-refractivity contribution in [3.8, 4) is 17.2 Å². The number of phenols is 1. The van der Waals surface area contributed by atoms with Gasteiger partial charge in [-0.25, -0.2) is 4.98 Å². The van der Waals surface area contributed by atoms with Crippen LogP contribution in [-0.2, 0) is 0 Å². The van der Waals surface area contributed by atoms with Crippen molar-refractivity contribution in [1.82, 2.24) is 10.3 Å². The maximum atomic E-state index is 12.3. The van der Waals surface area contributed by atoms with E-state index in [1.807, 2.05) is 30.3 Å². The van der Waals surface area contributed by atoms with Crippen LogP contribution >= 0.6 is 28.1 Å². The quantitative estimate of drug-likeness (QED) is 0.363. The lowest BCUT2D eigenvalue weighted by atomic mass is 10.2. The van der Waals surface area contributed by atoms with Gasteiger partial charge in [-0.1, -0.05) is 34.1 Å². The summed E-state index contributed by atoms with van der Waals surface area (Å²) in [4.78, 5) is 16.6. The lowest BCUT2D eigenvalue weighted by Crippen LogP contribution is -2.34. The molecule has 0 radical (unpaired) electrons. The summed E-state index contributed by atoms with van der Waals surface area (Å²) in [5, 5.41) is 16.0. The van der Waals surface area contributed by atoms with E-state index in [-0.39, 0.29) is 16.8 Å². The summed E-state index contributed by atoms with van der Waals surface area (Å²) < 4.78 is 6.48. The number of oxazole rings is 1. The lowest BCUT2D eigenvalue weighted by molar-refractivity contribution is 0.0977. The van der Waals surface area contributed by atoms with Crippen LogP contribution in [0.25, 0.3) is 22.6 Å². The van der Waals surface area contributed by atoms with Crippen LogP contribution in [0.15, 0.2) is 75.6 Å². The van der Waals surface area contributed by atoms with Gasteiger partial charge in [-0.05, 0) is 54.7 Å². The largest absolute Gasteiger partial charge is 0.507 e. The average Bonchev–Trinajstić information content (AvgIpc) is 3.11. The molecule has 0 aliphatic rings. The number of halogens is 1. The molecule has 144 valence electrons. The molecular formula is C21H14BrN3O3S. The molecule has 0 saturated heterocycles. The normalized spacial score (nSPS) is 10.7. The zero-order valence-electron chi connectivity index (χ0n) is 14.8. The van der Waals surface area contributed by atoms with Gasteiger partial charge < -0.3 is 14.8 Å².